The molecule has 7 heteroatoms. The number of rotatable bonds is 5. The lowest BCUT2D eigenvalue weighted by Crippen LogP contribution is -2.34. The van der Waals surface area contributed by atoms with Gasteiger partial charge in [0.2, 0.25) is 0 Å². The van der Waals surface area contributed by atoms with Crippen LogP contribution in [0.2, 0.25) is 0 Å². The molecule has 1 amide bonds. The highest BCUT2D eigenvalue weighted by atomic mass is 16.6. The molecule has 0 radical (unpaired) electrons. The summed E-state index contributed by atoms with van der Waals surface area (Å²) in [5, 5.41) is 15.9. The molecule has 0 aliphatic rings. The Kier molecular flexibility index (Phi) is 5.23. The zero-order valence-electron chi connectivity index (χ0n) is 13.9. The third-order valence-corrected chi connectivity index (χ3v) is 3.09. The highest BCUT2D eigenvalue weighted by Crippen LogP contribution is 2.19. The van der Waals surface area contributed by atoms with Crippen LogP contribution in [0, 0.1) is 0 Å². The lowest BCUT2D eigenvalue weighted by Gasteiger charge is -2.19. The van der Waals surface area contributed by atoms with Gasteiger partial charge in [0, 0.05) is 18.3 Å². The largest absolute Gasteiger partial charge is 0.478 e. The molecule has 2 rings (SSSR count). The van der Waals surface area contributed by atoms with Gasteiger partial charge in [-0.2, -0.15) is 5.10 Å². The van der Waals surface area contributed by atoms with E-state index >= 15 is 0 Å². The first-order chi connectivity index (χ1) is 11.2. The van der Waals surface area contributed by atoms with Crippen molar-refractivity contribution in [3.63, 3.8) is 0 Å². The summed E-state index contributed by atoms with van der Waals surface area (Å²) in [6.07, 6.45) is 3.00. The first-order valence-electron chi connectivity index (χ1n) is 7.57. The van der Waals surface area contributed by atoms with Gasteiger partial charge in [-0.05, 0) is 38.5 Å². The maximum atomic E-state index is 11.6. The summed E-state index contributed by atoms with van der Waals surface area (Å²) in [6, 6.07) is 6.66. The minimum absolute atomic E-state index is 0.229. The number of alkyl carbamates (subject to hydrolysis) is 1. The van der Waals surface area contributed by atoms with Crippen molar-refractivity contribution in [1.82, 2.24) is 15.1 Å². The summed E-state index contributed by atoms with van der Waals surface area (Å²) in [5.41, 5.74) is 1.29. The van der Waals surface area contributed by atoms with Gasteiger partial charge in [-0.15, -0.1) is 0 Å². The van der Waals surface area contributed by atoms with E-state index in [0.717, 1.165) is 11.1 Å². The molecule has 0 aliphatic carbocycles. The second-order valence-corrected chi connectivity index (χ2v) is 6.31. The number of hydrogen-bond donors (Lipinski definition) is 2. The molecule has 0 saturated carbocycles. The number of carbonyl (C=O) groups excluding carboxylic acids is 1. The maximum Gasteiger partial charge on any atom is 0.407 e. The second-order valence-electron chi connectivity index (χ2n) is 6.31. The van der Waals surface area contributed by atoms with Gasteiger partial charge in [-0.3, -0.25) is 4.68 Å². The van der Waals surface area contributed by atoms with E-state index in [9.17, 15) is 9.59 Å². The van der Waals surface area contributed by atoms with E-state index in [1.165, 1.54) is 0 Å². The topological polar surface area (TPSA) is 93.5 Å². The number of carbonyl (C=O) groups is 2. The molecule has 0 fully saturated rings. The molecule has 128 valence electrons. The van der Waals surface area contributed by atoms with Gasteiger partial charge in [0.05, 0.1) is 18.3 Å². The van der Waals surface area contributed by atoms with Crippen LogP contribution in [0.25, 0.3) is 11.1 Å². The Morgan fingerprint density at radius 3 is 2.71 bits per heavy atom. The molecular formula is C17H21N3O4. The number of nitrogens with zero attached hydrogens (tertiary/aromatic N) is 2. The summed E-state index contributed by atoms with van der Waals surface area (Å²) in [4.78, 5) is 22.6. The standard InChI is InChI=1S/C17H21N3O4/c1-17(2,3)24-16(23)18-7-8-20-11-14(10-19-20)12-5-4-6-13(9-12)15(21)22/h4-6,9-11H,7-8H2,1-3H3,(H,18,23)(H,21,22). The van der Waals surface area contributed by atoms with Crippen LogP contribution in [0.15, 0.2) is 36.7 Å². The molecule has 1 heterocycles. The Morgan fingerprint density at radius 2 is 2.04 bits per heavy atom. The van der Waals surface area contributed by atoms with Crippen LogP contribution in [-0.2, 0) is 11.3 Å². The smallest absolute Gasteiger partial charge is 0.407 e. The summed E-state index contributed by atoms with van der Waals surface area (Å²) in [6.45, 7) is 6.27. The summed E-state index contributed by atoms with van der Waals surface area (Å²) in [7, 11) is 0. The molecule has 0 spiro atoms. The molecule has 0 unspecified atom stereocenters. The normalized spacial score (nSPS) is 11.1. The Labute approximate surface area is 140 Å². The van der Waals surface area contributed by atoms with E-state index in [2.05, 4.69) is 10.4 Å². The lowest BCUT2D eigenvalue weighted by molar-refractivity contribution is 0.0525. The van der Waals surface area contributed by atoms with Crippen molar-refractivity contribution in [1.29, 1.82) is 0 Å². The van der Waals surface area contributed by atoms with Crippen LogP contribution in [0.3, 0.4) is 0 Å². The number of aromatic carboxylic acids is 1. The number of carboxylic acids is 1. The Morgan fingerprint density at radius 1 is 1.29 bits per heavy atom. The van der Waals surface area contributed by atoms with Crippen LogP contribution in [0.1, 0.15) is 31.1 Å². The van der Waals surface area contributed by atoms with Crippen LogP contribution in [-0.4, -0.2) is 39.1 Å². The third-order valence-electron chi connectivity index (χ3n) is 3.09. The molecular weight excluding hydrogens is 310 g/mol. The highest BCUT2D eigenvalue weighted by Gasteiger charge is 2.15. The van der Waals surface area contributed by atoms with Crippen LogP contribution in [0.4, 0.5) is 4.79 Å². The Hall–Kier alpha value is -2.83. The fourth-order valence-corrected chi connectivity index (χ4v) is 2.05. The minimum atomic E-state index is -0.967. The van der Waals surface area contributed by atoms with Gasteiger partial charge in [-0.1, -0.05) is 12.1 Å². The van der Waals surface area contributed by atoms with Crippen molar-refractivity contribution in [2.24, 2.45) is 0 Å². The minimum Gasteiger partial charge on any atom is -0.478 e. The maximum absolute atomic E-state index is 11.6. The zero-order chi connectivity index (χ0) is 17.7. The van der Waals surface area contributed by atoms with Crippen LogP contribution in [0.5, 0.6) is 0 Å². The molecule has 0 atom stereocenters. The lowest BCUT2D eigenvalue weighted by atomic mass is 10.1. The predicted molar refractivity (Wildman–Crippen MR) is 88.9 cm³/mol. The van der Waals surface area contributed by atoms with Crippen molar-refractivity contribution < 1.29 is 19.4 Å². The van der Waals surface area contributed by atoms with E-state index in [1.54, 1.807) is 56.0 Å². The van der Waals surface area contributed by atoms with Gasteiger partial charge >= 0.3 is 12.1 Å². The number of hydrogen-bond acceptors (Lipinski definition) is 4. The van der Waals surface area contributed by atoms with Crippen molar-refractivity contribution in [3.8, 4) is 11.1 Å². The molecule has 0 aliphatic heterocycles. The van der Waals surface area contributed by atoms with E-state index in [-0.39, 0.29) is 5.56 Å². The van der Waals surface area contributed by atoms with Crippen LogP contribution < -0.4 is 5.32 Å². The van der Waals surface area contributed by atoms with Crippen LogP contribution >= 0.6 is 0 Å². The fourth-order valence-electron chi connectivity index (χ4n) is 2.05. The quantitative estimate of drug-likeness (QED) is 0.878. The van der Waals surface area contributed by atoms with E-state index in [4.69, 9.17) is 9.84 Å². The number of aromatic nitrogens is 2. The SMILES string of the molecule is CC(C)(C)OC(=O)NCCn1cc(-c2cccc(C(=O)O)c2)cn1. The number of ether oxygens (including phenoxy) is 1. The van der Waals surface area contributed by atoms with E-state index in [1.807, 2.05) is 6.07 Å². The van der Waals surface area contributed by atoms with Gasteiger partial charge in [0.25, 0.3) is 0 Å². The van der Waals surface area contributed by atoms with Gasteiger partial charge in [0.15, 0.2) is 0 Å². The number of nitrogens with one attached hydrogen (secondary N) is 1. The molecule has 1 aromatic heterocycles. The monoisotopic (exact) mass is 331 g/mol. The first-order valence-corrected chi connectivity index (χ1v) is 7.57. The summed E-state index contributed by atoms with van der Waals surface area (Å²) >= 11 is 0. The Bertz CT molecular complexity index is 731. The first kappa shape index (κ1) is 17.5. The third kappa shape index (κ3) is 5.12. The molecule has 24 heavy (non-hydrogen) atoms. The van der Waals surface area contributed by atoms with Crippen molar-refractivity contribution in [3.05, 3.63) is 42.2 Å². The molecule has 1 aromatic carbocycles. The van der Waals surface area contributed by atoms with Crippen molar-refractivity contribution in [2.75, 3.05) is 6.54 Å². The average Bonchev–Trinajstić information content (AvgIpc) is 2.94. The summed E-state index contributed by atoms with van der Waals surface area (Å²) < 4.78 is 6.83. The summed E-state index contributed by atoms with van der Waals surface area (Å²) in [5.74, 6) is -0.967. The zero-order valence-corrected chi connectivity index (χ0v) is 13.9. The number of amides is 1. The van der Waals surface area contributed by atoms with Crippen molar-refractivity contribution in [2.45, 2.75) is 32.9 Å². The molecule has 7 nitrogen and oxygen atoms in total. The fraction of sp³-hybridized carbons (Fsp3) is 0.353. The second kappa shape index (κ2) is 7.16. The molecule has 0 saturated heterocycles. The van der Waals surface area contributed by atoms with Gasteiger partial charge in [0.1, 0.15) is 5.60 Å². The van der Waals surface area contributed by atoms with E-state index < -0.39 is 17.7 Å². The molecule has 2 N–H and O–H groups in total. The molecule has 2 aromatic rings. The number of benzene rings is 1. The van der Waals surface area contributed by atoms with E-state index in [0.29, 0.717) is 13.1 Å². The van der Waals surface area contributed by atoms with Gasteiger partial charge < -0.3 is 15.2 Å². The average molecular weight is 331 g/mol. The Balaban J connectivity index is 1.93. The van der Waals surface area contributed by atoms with Gasteiger partial charge in [-0.25, -0.2) is 9.59 Å². The molecule has 0 bridgehead atoms. The predicted octanol–water partition coefficient (Wildman–Crippen LogP) is 2.77. The van der Waals surface area contributed by atoms with Crippen molar-refractivity contribution >= 4 is 12.1 Å². The number of carboxylic acid groups (broad SMARTS) is 1. The highest BCUT2D eigenvalue weighted by molar-refractivity contribution is 5.89.